The molecule has 0 bridgehead atoms. The summed E-state index contributed by atoms with van der Waals surface area (Å²) in [6, 6.07) is 12.6. The number of carbonyl (C=O) groups excluding carboxylic acids is 1. The number of nitrogens with one attached hydrogen (secondary N) is 2. The number of carbonyl (C=O) groups is 1. The van der Waals surface area contributed by atoms with Crippen LogP contribution in [0.15, 0.2) is 71.9 Å². The lowest BCUT2D eigenvalue weighted by molar-refractivity contribution is 0.0952. The van der Waals surface area contributed by atoms with Crippen LogP contribution < -0.4 is 10.0 Å². The van der Waals surface area contributed by atoms with Crippen molar-refractivity contribution in [2.75, 3.05) is 4.72 Å². The molecule has 0 aliphatic carbocycles. The standard InChI is InChI=1S/C22H15Cl2FN4O3S/c23-14-5-7-16(22(30)28-12-13-4-6-15(25)11-17(13)24)19(10-14)29-33(31,32)20-3-1-2-18-21(20)27-9-8-26-18/h1-11,29H,12H2,(H,28,30). The minimum atomic E-state index is -4.15. The molecule has 0 radical (unpaired) electrons. The first kappa shape index (κ1) is 22.9. The number of hydrogen-bond acceptors (Lipinski definition) is 5. The molecular weight excluding hydrogens is 490 g/mol. The van der Waals surface area contributed by atoms with Crippen molar-refractivity contribution in [3.63, 3.8) is 0 Å². The molecule has 4 aromatic rings. The normalized spacial score (nSPS) is 11.4. The molecular formula is C22H15Cl2FN4O3S. The lowest BCUT2D eigenvalue weighted by Gasteiger charge is -2.14. The molecule has 1 heterocycles. The van der Waals surface area contributed by atoms with E-state index in [1.54, 1.807) is 12.1 Å². The number of anilines is 1. The summed E-state index contributed by atoms with van der Waals surface area (Å²) in [5.74, 6) is -1.08. The van der Waals surface area contributed by atoms with E-state index in [9.17, 15) is 17.6 Å². The summed E-state index contributed by atoms with van der Waals surface area (Å²) in [7, 11) is -4.15. The van der Waals surface area contributed by atoms with Crippen LogP contribution in [0.2, 0.25) is 10.0 Å². The molecule has 1 aromatic heterocycles. The fourth-order valence-corrected chi connectivity index (χ4v) is 4.76. The zero-order valence-corrected chi connectivity index (χ0v) is 19.0. The van der Waals surface area contributed by atoms with Gasteiger partial charge in [-0.05, 0) is 48.0 Å². The quantitative estimate of drug-likeness (QED) is 0.392. The van der Waals surface area contributed by atoms with Gasteiger partial charge in [-0.1, -0.05) is 35.3 Å². The van der Waals surface area contributed by atoms with E-state index in [4.69, 9.17) is 23.2 Å². The van der Waals surface area contributed by atoms with Crippen LogP contribution in [0.4, 0.5) is 10.1 Å². The average molecular weight is 505 g/mol. The van der Waals surface area contributed by atoms with Gasteiger partial charge in [-0.2, -0.15) is 0 Å². The van der Waals surface area contributed by atoms with Gasteiger partial charge in [-0.25, -0.2) is 12.8 Å². The minimum absolute atomic E-state index is 0.00563. The Labute approximate surface area is 198 Å². The van der Waals surface area contributed by atoms with Gasteiger partial charge >= 0.3 is 0 Å². The molecule has 0 spiro atoms. The highest BCUT2D eigenvalue weighted by Crippen LogP contribution is 2.27. The van der Waals surface area contributed by atoms with Gasteiger partial charge < -0.3 is 5.32 Å². The maximum Gasteiger partial charge on any atom is 0.264 e. The summed E-state index contributed by atoms with van der Waals surface area (Å²) in [6.07, 6.45) is 2.85. The van der Waals surface area contributed by atoms with Crippen molar-refractivity contribution in [3.8, 4) is 0 Å². The molecule has 168 valence electrons. The first-order chi connectivity index (χ1) is 15.7. The molecule has 11 heteroatoms. The monoisotopic (exact) mass is 504 g/mol. The van der Waals surface area contributed by atoms with E-state index in [-0.39, 0.29) is 38.3 Å². The third-order valence-corrected chi connectivity index (χ3v) is 6.66. The Hall–Kier alpha value is -3.27. The van der Waals surface area contributed by atoms with Crippen LogP contribution in [0.1, 0.15) is 15.9 Å². The van der Waals surface area contributed by atoms with Crippen LogP contribution in [0, 0.1) is 5.82 Å². The summed E-state index contributed by atoms with van der Waals surface area (Å²) in [4.78, 5) is 21.0. The Morgan fingerprint density at radius 1 is 1.00 bits per heavy atom. The van der Waals surface area contributed by atoms with Crippen molar-refractivity contribution >= 4 is 55.9 Å². The molecule has 0 unspecified atom stereocenters. The summed E-state index contributed by atoms with van der Waals surface area (Å²) in [5, 5.41) is 3.03. The summed E-state index contributed by atoms with van der Waals surface area (Å²) in [5.41, 5.74) is 1.10. The maximum absolute atomic E-state index is 13.2. The summed E-state index contributed by atoms with van der Waals surface area (Å²) in [6.45, 7) is 0.00563. The van der Waals surface area contributed by atoms with Crippen molar-refractivity contribution in [2.24, 2.45) is 0 Å². The van der Waals surface area contributed by atoms with E-state index in [0.717, 1.165) is 6.07 Å². The summed E-state index contributed by atoms with van der Waals surface area (Å²) < 4.78 is 42.0. The first-order valence-electron chi connectivity index (χ1n) is 9.49. The number of aromatic nitrogens is 2. The Bertz CT molecular complexity index is 1480. The molecule has 4 rings (SSSR count). The van der Waals surface area contributed by atoms with Gasteiger partial charge in [0.25, 0.3) is 15.9 Å². The topological polar surface area (TPSA) is 101 Å². The number of fused-ring (bicyclic) bond motifs is 1. The maximum atomic E-state index is 13.2. The highest BCUT2D eigenvalue weighted by Gasteiger charge is 2.22. The van der Waals surface area contributed by atoms with Crippen molar-refractivity contribution in [1.29, 1.82) is 0 Å². The molecule has 0 aliphatic heterocycles. The summed E-state index contributed by atoms with van der Waals surface area (Å²) >= 11 is 12.1. The second-order valence-electron chi connectivity index (χ2n) is 6.89. The second-order valence-corrected chi connectivity index (χ2v) is 9.39. The van der Waals surface area contributed by atoms with Crippen molar-refractivity contribution in [1.82, 2.24) is 15.3 Å². The van der Waals surface area contributed by atoms with Crippen LogP contribution in [0.3, 0.4) is 0 Å². The molecule has 0 fully saturated rings. The van der Waals surface area contributed by atoms with E-state index in [2.05, 4.69) is 20.0 Å². The Balaban J connectivity index is 1.63. The van der Waals surface area contributed by atoms with Gasteiger partial charge in [-0.15, -0.1) is 0 Å². The number of benzene rings is 3. The van der Waals surface area contributed by atoms with Gasteiger partial charge in [0.05, 0.1) is 16.8 Å². The first-order valence-corrected chi connectivity index (χ1v) is 11.7. The number of rotatable bonds is 6. The molecule has 7 nitrogen and oxygen atoms in total. The molecule has 2 N–H and O–H groups in total. The van der Waals surface area contributed by atoms with Crippen LogP contribution in [0.5, 0.6) is 0 Å². The molecule has 1 amide bonds. The van der Waals surface area contributed by atoms with Gasteiger partial charge in [0.15, 0.2) is 0 Å². The fourth-order valence-electron chi connectivity index (χ4n) is 3.12. The van der Waals surface area contributed by atoms with E-state index in [1.807, 2.05) is 0 Å². The third-order valence-electron chi connectivity index (χ3n) is 4.68. The van der Waals surface area contributed by atoms with Gasteiger partial charge in [0.2, 0.25) is 0 Å². The van der Waals surface area contributed by atoms with E-state index < -0.39 is 21.7 Å². The molecule has 0 aliphatic rings. The SMILES string of the molecule is O=C(NCc1ccc(F)cc1Cl)c1ccc(Cl)cc1NS(=O)(=O)c1cccc2nccnc12. The lowest BCUT2D eigenvalue weighted by atomic mass is 10.1. The Morgan fingerprint density at radius 2 is 1.79 bits per heavy atom. The molecule has 33 heavy (non-hydrogen) atoms. The van der Waals surface area contributed by atoms with E-state index in [1.165, 1.54) is 48.8 Å². The van der Waals surface area contributed by atoms with Gasteiger partial charge in [-0.3, -0.25) is 19.5 Å². The number of para-hydroxylation sites is 1. The van der Waals surface area contributed by atoms with E-state index in [0.29, 0.717) is 11.1 Å². The zero-order chi connectivity index (χ0) is 23.6. The number of sulfonamides is 1. The molecule has 0 saturated heterocycles. The minimum Gasteiger partial charge on any atom is -0.348 e. The highest BCUT2D eigenvalue weighted by atomic mass is 35.5. The predicted octanol–water partition coefficient (Wildman–Crippen LogP) is 4.81. The number of amides is 1. The van der Waals surface area contributed by atoms with E-state index >= 15 is 0 Å². The molecule has 3 aromatic carbocycles. The van der Waals surface area contributed by atoms with Crippen LogP contribution in [-0.2, 0) is 16.6 Å². The van der Waals surface area contributed by atoms with Crippen molar-refractivity contribution in [2.45, 2.75) is 11.4 Å². The van der Waals surface area contributed by atoms with Gasteiger partial charge in [0, 0.05) is 29.0 Å². The number of hydrogen-bond donors (Lipinski definition) is 2. The lowest BCUT2D eigenvalue weighted by Crippen LogP contribution is -2.25. The van der Waals surface area contributed by atoms with Crippen molar-refractivity contribution < 1.29 is 17.6 Å². The highest BCUT2D eigenvalue weighted by molar-refractivity contribution is 7.93. The Kier molecular flexibility index (Phi) is 6.46. The predicted molar refractivity (Wildman–Crippen MR) is 124 cm³/mol. The van der Waals surface area contributed by atoms with Gasteiger partial charge in [0.1, 0.15) is 16.2 Å². The second kappa shape index (κ2) is 9.30. The third kappa shape index (κ3) is 5.05. The average Bonchev–Trinajstić information content (AvgIpc) is 2.77. The molecule has 0 saturated carbocycles. The molecule has 0 atom stereocenters. The number of halogens is 3. The van der Waals surface area contributed by atoms with Crippen LogP contribution in [0.25, 0.3) is 11.0 Å². The number of nitrogens with zero attached hydrogens (tertiary/aromatic N) is 2. The smallest absolute Gasteiger partial charge is 0.264 e. The van der Waals surface area contributed by atoms with Crippen molar-refractivity contribution in [3.05, 3.63) is 94.0 Å². The van der Waals surface area contributed by atoms with Crippen LogP contribution >= 0.6 is 23.2 Å². The van der Waals surface area contributed by atoms with Crippen LogP contribution in [-0.4, -0.2) is 24.3 Å². The fraction of sp³-hybridized carbons (Fsp3) is 0.0455. The Morgan fingerprint density at radius 3 is 2.58 bits per heavy atom. The zero-order valence-electron chi connectivity index (χ0n) is 16.7. The largest absolute Gasteiger partial charge is 0.348 e.